The molecule has 0 saturated carbocycles. The second-order valence-corrected chi connectivity index (χ2v) is 12.2. The van der Waals surface area contributed by atoms with Crippen LogP contribution in [0.4, 0.5) is 15.3 Å². The summed E-state index contributed by atoms with van der Waals surface area (Å²) in [6.45, 7) is 3.19. The minimum atomic E-state index is -0.334. The van der Waals surface area contributed by atoms with E-state index in [1.54, 1.807) is 54.5 Å². The number of carbonyl (C=O) groups excluding carboxylic acids is 1. The third kappa shape index (κ3) is 6.24. The molecule has 6 rings (SSSR count). The number of rotatable bonds is 8. The van der Waals surface area contributed by atoms with Crippen molar-refractivity contribution in [2.45, 2.75) is 36.0 Å². The zero-order valence-corrected chi connectivity index (χ0v) is 24.0. The fourth-order valence-corrected chi connectivity index (χ4v) is 7.01. The van der Waals surface area contributed by atoms with Gasteiger partial charge in [-0.3, -0.25) is 9.78 Å². The number of nitrogens with one attached hydrogen (secondary N) is 1. The van der Waals surface area contributed by atoms with Crippen LogP contribution in [0, 0.1) is 11.7 Å². The summed E-state index contributed by atoms with van der Waals surface area (Å²) in [6, 6.07) is 11.8. The van der Waals surface area contributed by atoms with E-state index >= 15 is 0 Å². The Labute approximate surface area is 242 Å². The summed E-state index contributed by atoms with van der Waals surface area (Å²) in [5.74, 6) is 2.50. The first-order valence-electron chi connectivity index (χ1n) is 12.8. The lowest BCUT2D eigenvalue weighted by Gasteiger charge is -2.30. The number of piperidine rings is 1. The maximum Gasteiger partial charge on any atom is 0.219 e. The number of fused-ring (bicyclic) bond motifs is 1. The van der Waals surface area contributed by atoms with Crippen LogP contribution in [0.2, 0.25) is 0 Å². The van der Waals surface area contributed by atoms with Gasteiger partial charge in [0, 0.05) is 66.2 Å². The number of pyridine rings is 2. The number of anilines is 2. The van der Waals surface area contributed by atoms with Crippen molar-refractivity contribution in [1.29, 1.82) is 0 Å². The summed E-state index contributed by atoms with van der Waals surface area (Å²) >= 11 is 4.50. The highest BCUT2D eigenvalue weighted by Crippen LogP contribution is 2.39. The van der Waals surface area contributed by atoms with Crippen LogP contribution >= 0.6 is 34.6 Å². The summed E-state index contributed by atoms with van der Waals surface area (Å²) in [6.07, 6.45) is 6.26. The second kappa shape index (κ2) is 11.9. The molecule has 0 bridgehead atoms. The maximum absolute atomic E-state index is 13.5. The molecule has 5 aromatic rings. The fraction of sp³-hybridized carbons (Fsp3) is 0.250. The lowest BCUT2D eigenvalue weighted by atomic mass is 9.93. The number of thiophene rings is 1. The van der Waals surface area contributed by atoms with E-state index in [0.717, 1.165) is 58.2 Å². The molecule has 8 nitrogen and oxygen atoms in total. The monoisotopic (exact) mass is 592 g/mol. The lowest BCUT2D eigenvalue weighted by molar-refractivity contribution is -0.130. The Morgan fingerprint density at radius 3 is 2.80 bits per heavy atom. The highest BCUT2D eigenvalue weighted by molar-refractivity contribution is 7.99. The summed E-state index contributed by atoms with van der Waals surface area (Å²) in [5.41, 5.74) is 0.959. The molecule has 0 radical (unpaired) electrons. The maximum atomic E-state index is 13.5. The molecule has 1 aromatic carbocycles. The molecular weight excluding hydrogens is 568 g/mol. The first-order chi connectivity index (χ1) is 19.5. The first kappa shape index (κ1) is 26.6. The van der Waals surface area contributed by atoms with Gasteiger partial charge in [-0.1, -0.05) is 11.8 Å². The van der Waals surface area contributed by atoms with Crippen molar-refractivity contribution in [3.63, 3.8) is 0 Å². The number of nitrogens with zero attached hydrogens (tertiary/aromatic N) is 5. The van der Waals surface area contributed by atoms with Crippen LogP contribution in [-0.2, 0) is 11.2 Å². The van der Waals surface area contributed by atoms with Gasteiger partial charge in [-0.25, -0.2) is 14.4 Å². The number of hydrogen-bond donors (Lipinski definition) is 1. The van der Waals surface area contributed by atoms with Crippen LogP contribution in [0.25, 0.3) is 10.2 Å². The second-order valence-electron chi connectivity index (χ2n) is 9.41. The van der Waals surface area contributed by atoms with Crippen LogP contribution in [-0.4, -0.2) is 43.2 Å². The SMILES string of the molecule is CC(=O)N1CCC(Cc2nsc(Nc3ncc(Sc4ccnc5ccsc45)cc3Oc3ccc(F)cc3)n2)CC1. The number of hydrogen-bond acceptors (Lipinski definition) is 10. The van der Waals surface area contributed by atoms with E-state index in [2.05, 4.69) is 19.7 Å². The van der Waals surface area contributed by atoms with Gasteiger partial charge in [-0.05, 0) is 60.5 Å². The van der Waals surface area contributed by atoms with Gasteiger partial charge in [-0.2, -0.15) is 4.37 Å². The van der Waals surface area contributed by atoms with E-state index in [1.807, 2.05) is 28.5 Å². The third-order valence-corrected chi connectivity index (χ3v) is 9.38. The molecule has 1 amide bonds. The highest BCUT2D eigenvalue weighted by Gasteiger charge is 2.22. The standard InChI is InChI=1S/C28H25FN6O2S3/c1-17(36)35-11-7-18(8-12-35)14-25-32-28(40-34-25)33-27-23(37-20-4-2-19(29)3-5-20)15-21(16-31-27)39-24-6-10-30-22-9-13-38-26(22)24/h2-6,9-10,13,15-16,18H,7-8,11-12,14H2,1H3,(H,31,32,33,34). The van der Waals surface area contributed by atoms with Crippen LogP contribution in [0.1, 0.15) is 25.6 Å². The molecule has 5 heterocycles. The molecular formula is C28H25FN6O2S3. The Morgan fingerprint density at radius 2 is 2.00 bits per heavy atom. The zero-order chi connectivity index (χ0) is 27.5. The predicted molar refractivity (Wildman–Crippen MR) is 156 cm³/mol. The number of halogens is 1. The minimum Gasteiger partial charge on any atom is -0.453 e. The molecule has 12 heteroatoms. The van der Waals surface area contributed by atoms with Crippen molar-refractivity contribution >= 4 is 61.7 Å². The number of likely N-dealkylation sites (tertiary alicyclic amines) is 1. The molecule has 4 aromatic heterocycles. The van der Waals surface area contributed by atoms with Crippen molar-refractivity contribution in [2.75, 3.05) is 18.4 Å². The molecule has 204 valence electrons. The van der Waals surface area contributed by atoms with Crippen molar-refractivity contribution in [1.82, 2.24) is 24.2 Å². The van der Waals surface area contributed by atoms with E-state index in [0.29, 0.717) is 28.4 Å². The van der Waals surface area contributed by atoms with Crippen LogP contribution in [0.15, 0.2) is 70.0 Å². The van der Waals surface area contributed by atoms with E-state index in [9.17, 15) is 9.18 Å². The Morgan fingerprint density at radius 1 is 1.18 bits per heavy atom. The molecule has 1 aliphatic heterocycles. The van der Waals surface area contributed by atoms with Crippen LogP contribution in [0.5, 0.6) is 11.5 Å². The largest absolute Gasteiger partial charge is 0.453 e. The van der Waals surface area contributed by atoms with Gasteiger partial charge >= 0.3 is 0 Å². The summed E-state index contributed by atoms with van der Waals surface area (Å²) in [5, 5.41) is 5.91. The van der Waals surface area contributed by atoms with Crippen LogP contribution < -0.4 is 10.1 Å². The Balaban J connectivity index is 1.21. The summed E-state index contributed by atoms with van der Waals surface area (Å²) in [4.78, 5) is 29.2. The van der Waals surface area contributed by atoms with E-state index in [1.165, 1.54) is 23.7 Å². The van der Waals surface area contributed by atoms with Crippen LogP contribution in [0.3, 0.4) is 0 Å². The predicted octanol–water partition coefficient (Wildman–Crippen LogP) is 7.17. The smallest absolute Gasteiger partial charge is 0.219 e. The Hall–Kier alpha value is -3.61. The number of ether oxygens (including phenoxy) is 1. The molecule has 40 heavy (non-hydrogen) atoms. The van der Waals surface area contributed by atoms with Gasteiger partial charge in [0.05, 0.1) is 10.2 Å². The highest BCUT2D eigenvalue weighted by atomic mass is 32.2. The molecule has 0 aliphatic carbocycles. The molecule has 1 fully saturated rings. The van der Waals surface area contributed by atoms with Gasteiger partial charge in [0.1, 0.15) is 17.4 Å². The van der Waals surface area contributed by atoms with Crippen molar-refractivity contribution in [2.24, 2.45) is 5.92 Å². The van der Waals surface area contributed by atoms with E-state index in [-0.39, 0.29) is 11.7 Å². The normalized spacial score (nSPS) is 14.0. The molecule has 0 spiro atoms. The van der Waals surface area contributed by atoms with Crippen molar-refractivity contribution in [3.05, 3.63) is 71.9 Å². The summed E-state index contributed by atoms with van der Waals surface area (Å²) in [7, 11) is 0. The average molecular weight is 593 g/mol. The average Bonchev–Trinajstić information content (AvgIpc) is 3.62. The molecule has 1 aliphatic rings. The quantitative estimate of drug-likeness (QED) is 0.203. The molecule has 1 N–H and O–H groups in total. The number of benzene rings is 1. The van der Waals surface area contributed by atoms with Crippen molar-refractivity contribution in [3.8, 4) is 11.5 Å². The summed E-state index contributed by atoms with van der Waals surface area (Å²) < 4.78 is 25.3. The lowest BCUT2D eigenvalue weighted by Crippen LogP contribution is -2.37. The number of amides is 1. The molecule has 1 saturated heterocycles. The topological polar surface area (TPSA) is 93.1 Å². The van der Waals surface area contributed by atoms with Gasteiger partial charge in [0.2, 0.25) is 11.0 Å². The van der Waals surface area contributed by atoms with Gasteiger partial charge in [0.15, 0.2) is 11.6 Å². The van der Waals surface area contributed by atoms with Gasteiger partial charge < -0.3 is 15.0 Å². The van der Waals surface area contributed by atoms with Crippen molar-refractivity contribution < 1.29 is 13.9 Å². The third-order valence-electron chi connectivity index (χ3n) is 6.63. The van der Waals surface area contributed by atoms with Gasteiger partial charge in [-0.15, -0.1) is 11.3 Å². The zero-order valence-electron chi connectivity index (χ0n) is 21.5. The minimum absolute atomic E-state index is 0.132. The first-order valence-corrected chi connectivity index (χ1v) is 15.3. The molecule has 0 unspecified atom stereocenters. The number of aromatic nitrogens is 4. The molecule has 0 atom stereocenters. The fourth-order valence-electron chi connectivity index (χ4n) is 4.54. The van der Waals surface area contributed by atoms with E-state index in [4.69, 9.17) is 9.72 Å². The number of carbonyl (C=O) groups is 1. The Bertz CT molecular complexity index is 1630. The van der Waals surface area contributed by atoms with Gasteiger partial charge in [0.25, 0.3) is 0 Å². The Kier molecular flexibility index (Phi) is 7.89. The van der Waals surface area contributed by atoms with E-state index < -0.39 is 0 Å².